The van der Waals surface area contributed by atoms with E-state index < -0.39 is 0 Å². The summed E-state index contributed by atoms with van der Waals surface area (Å²) in [5.74, 6) is 0.651. The molecule has 0 bridgehead atoms. The molecule has 0 spiro atoms. The summed E-state index contributed by atoms with van der Waals surface area (Å²) in [6.07, 6.45) is 1.61. The molecule has 0 aliphatic rings. The largest absolute Gasteiger partial charge is 0.360 e. The predicted octanol–water partition coefficient (Wildman–Crippen LogP) is 4.44. The van der Waals surface area contributed by atoms with Crippen LogP contribution >= 0.6 is 15.9 Å². The molecular formula is C17H15BrN4O2. The number of hydrogen-bond donors (Lipinski definition) is 2. The van der Waals surface area contributed by atoms with Gasteiger partial charge in [-0.2, -0.15) is 0 Å². The van der Waals surface area contributed by atoms with Crippen LogP contribution < -0.4 is 10.6 Å². The topological polar surface area (TPSA) is 80.0 Å². The molecule has 1 aromatic carbocycles. The van der Waals surface area contributed by atoms with Gasteiger partial charge in [0, 0.05) is 10.5 Å². The van der Waals surface area contributed by atoms with Crippen LogP contribution in [0.25, 0.3) is 0 Å². The highest BCUT2D eigenvalue weighted by molar-refractivity contribution is 9.10. The highest BCUT2D eigenvalue weighted by atomic mass is 79.9. The van der Waals surface area contributed by atoms with E-state index in [1.54, 1.807) is 31.3 Å². The number of anilines is 3. The summed E-state index contributed by atoms with van der Waals surface area (Å²) < 4.78 is 5.87. The van der Waals surface area contributed by atoms with Gasteiger partial charge in [0.2, 0.25) is 0 Å². The van der Waals surface area contributed by atoms with Crippen LogP contribution in [0.5, 0.6) is 0 Å². The standard InChI is InChI=1S/C17H15BrN4O2/c1-10-3-5-14(13(18)7-10)20-12-4-6-15(19-9-12)17(23)21-16-8-11(2)24-22-16/h3-9,20H,1-2H3,(H,21,22,23). The lowest BCUT2D eigenvalue weighted by atomic mass is 10.2. The van der Waals surface area contributed by atoms with E-state index in [1.807, 2.05) is 25.1 Å². The first kappa shape index (κ1) is 16.2. The van der Waals surface area contributed by atoms with Crippen LogP contribution in [-0.4, -0.2) is 16.0 Å². The lowest BCUT2D eigenvalue weighted by molar-refractivity contribution is 0.102. The summed E-state index contributed by atoms with van der Waals surface area (Å²) in [6, 6.07) is 11.1. The maximum atomic E-state index is 12.1. The summed E-state index contributed by atoms with van der Waals surface area (Å²) in [7, 11) is 0. The van der Waals surface area contributed by atoms with Crippen molar-refractivity contribution >= 4 is 39.0 Å². The summed E-state index contributed by atoms with van der Waals surface area (Å²) >= 11 is 3.52. The Hall–Kier alpha value is -2.67. The fourth-order valence-corrected chi connectivity index (χ4v) is 2.68. The van der Waals surface area contributed by atoms with Gasteiger partial charge in [0.25, 0.3) is 5.91 Å². The lowest BCUT2D eigenvalue weighted by Crippen LogP contribution is -2.13. The van der Waals surface area contributed by atoms with Crippen LogP contribution in [0.2, 0.25) is 0 Å². The molecule has 3 rings (SSSR count). The van der Waals surface area contributed by atoms with Gasteiger partial charge >= 0.3 is 0 Å². The zero-order chi connectivity index (χ0) is 17.1. The number of carbonyl (C=O) groups is 1. The van der Waals surface area contributed by atoms with Gasteiger partial charge in [-0.25, -0.2) is 4.98 Å². The molecule has 0 atom stereocenters. The van der Waals surface area contributed by atoms with Crippen molar-refractivity contribution in [3.8, 4) is 0 Å². The first-order valence-corrected chi connectivity index (χ1v) is 8.04. The number of amides is 1. The van der Waals surface area contributed by atoms with Gasteiger partial charge in [0.15, 0.2) is 5.82 Å². The molecule has 3 aromatic rings. The maximum absolute atomic E-state index is 12.1. The average Bonchev–Trinajstić information content (AvgIpc) is 2.96. The fraction of sp³-hybridized carbons (Fsp3) is 0.118. The molecule has 0 radical (unpaired) electrons. The molecule has 2 aromatic heterocycles. The Labute approximate surface area is 147 Å². The van der Waals surface area contributed by atoms with E-state index in [-0.39, 0.29) is 5.91 Å². The molecule has 6 nitrogen and oxygen atoms in total. The Morgan fingerprint density at radius 3 is 2.62 bits per heavy atom. The van der Waals surface area contributed by atoms with Crippen molar-refractivity contribution in [1.82, 2.24) is 10.1 Å². The normalized spacial score (nSPS) is 10.5. The lowest BCUT2D eigenvalue weighted by Gasteiger charge is -2.09. The third kappa shape index (κ3) is 3.80. The van der Waals surface area contributed by atoms with Crippen LogP contribution in [0.15, 0.2) is 51.6 Å². The Morgan fingerprint density at radius 1 is 1.17 bits per heavy atom. The quantitative estimate of drug-likeness (QED) is 0.692. The summed E-state index contributed by atoms with van der Waals surface area (Å²) in [6.45, 7) is 3.78. The van der Waals surface area contributed by atoms with Crippen molar-refractivity contribution in [1.29, 1.82) is 0 Å². The number of aromatic nitrogens is 2. The molecule has 2 heterocycles. The molecule has 0 saturated heterocycles. The number of rotatable bonds is 4. The Morgan fingerprint density at radius 2 is 2.00 bits per heavy atom. The van der Waals surface area contributed by atoms with E-state index in [0.29, 0.717) is 17.3 Å². The van der Waals surface area contributed by atoms with Gasteiger partial charge in [0.1, 0.15) is 11.5 Å². The number of aryl methyl sites for hydroxylation is 2. The Bertz CT molecular complexity index is 875. The van der Waals surface area contributed by atoms with Crippen molar-refractivity contribution in [2.24, 2.45) is 0 Å². The molecule has 0 aliphatic heterocycles. The van der Waals surface area contributed by atoms with Gasteiger partial charge < -0.3 is 15.2 Å². The molecule has 24 heavy (non-hydrogen) atoms. The van der Waals surface area contributed by atoms with Crippen molar-refractivity contribution in [2.45, 2.75) is 13.8 Å². The second-order valence-electron chi connectivity index (χ2n) is 5.32. The minimum atomic E-state index is -0.341. The number of benzene rings is 1. The smallest absolute Gasteiger partial charge is 0.275 e. The molecule has 122 valence electrons. The second kappa shape index (κ2) is 6.84. The van der Waals surface area contributed by atoms with E-state index >= 15 is 0 Å². The van der Waals surface area contributed by atoms with Gasteiger partial charge in [-0.3, -0.25) is 4.79 Å². The van der Waals surface area contributed by atoms with Crippen LogP contribution in [-0.2, 0) is 0 Å². The number of nitrogens with one attached hydrogen (secondary N) is 2. The van der Waals surface area contributed by atoms with Gasteiger partial charge in [-0.05, 0) is 59.6 Å². The molecule has 1 amide bonds. The van der Waals surface area contributed by atoms with Crippen molar-refractivity contribution in [3.05, 3.63) is 64.1 Å². The van der Waals surface area contributed by atoms with E-state index in [9.17, 15) is 4.79 Å². The summed E-state index contributed by atoms with van der Waals surface area (Å²) in [5, 5.41) is 9.60. The number of nitrogens with zero attached hydrogens (tertiary/aromatic N) is 2. The van der Waals surface area contributed by atoms with Crippen LogP contribution in [0.4, 0.5) is 17.2 Å². The van der Waals surface area contributed by atoms with Crippen LogP contribution in [0.1, 0.15) is 21.8 Å². The summed E-state index contributed by atoms with van der Waals surface area (Å²) in [5.41, 5.74) is 3.18. The zero-order valence-corrected chi connectivity index (χ0v) is 14.7. The Kier molecular flexibility index (Phi) is 4.61. The van der Waals surface area contributed by atoms with Gasteiger partial charge in [0.05, 0.1) is 17.6 Å². The molecule has 0 unspecified atom stereocenters. The minimum Gasteiger partial charge on any atom is -0.360 e. The van der Waals surface area contributed by atoms with Crippen LogP contribution in [0.3, 0.4) is 0 Å². The SMILES string of the molecule is Cc1ccc(Nc2ccc(C(=O)Nc3cc(C)on3)nc2)c(Br)c1. The fourth-order valence-electron chi connectivity index (χ4n) is 2.08. The van der Waals surface area contributed by atoms with E-state index in [1.165, 1.54) is 5.56 Å². The molecular weight excluding hydrogens is 372 g/mol. The number of hydrogen-bond acceptors (Lipinski definition) is 5. The second-order valence-corrected chi connectivity index (χ2v) is 6.17. The van der Waals surface area contributed by atoms with Crippen molar-refractivity contribution in [2.75, 3.05) is 10.6 Å². The maximum Gasteiger partial charge on any atom is 0.275 e. The van der Waals surface area contributed by atoms with E-state index in [4.69, 9.17) is 4.52 Å². The van der Waals surface area contributed by atoms with Gasteiger partial charge in [-0.1, -0.05) is 11.2 Å². The van der Waals surface area contributed by atoms with E-state index in [0.717, 1.165) is 15.8 Å². The van der Waals surface area contributed by atoms with Gasteiger partial charge in [-0.15, -0.1) is 0 Å². The number of pyridine rings is 1. The van der Waals surface area contributed by atoms with E-state index in [2.05, 4.69) is 36.7 Å². The summed E-state index contributed by atoms with van der Waals surface area (Å²) in [4.78, 5) is 16.3. The first-order valence-electron chi connectivity index (χ1n) is 7.25. The molecule has 2 N–H and O–H groups in total. The van der Waals surface area contributed by atoms with Crippen molar-refractivity contribution < 1.29 is 9.32 Å². The number of carbonyl (C=O) groups excluding carboxylic acids is 1. The third-order valence-electron chi connectivity index (χ3n) is 3.27. The highest BCUT2D eigenvalue weighted by Gasteiger charge is 2.10. The number of halogens is 1. The van der Waals surface area contributed by atoms with Crippen molar-refractivity contribution in [3.63, 3.8) is 0 Å². The average molecular weight is 387 g/mol. The van der Waals surface area contributed by atoms with Crippen LogP contribution in [0, 0.1) is 13.8 Å². The first-order chi connectivity index (χ1) is 11.5. The third-order valence-corrected chi connectivity index (χ3v) is 3.93. The predicted molar refractivity (Wildman–Crippen MR) is 95.6 cm³/mol. The zero-order valence-electron chi connectivity index (χ0n) is 13.1. The molecule has 0 saturated carbocycles. The Balaban J connectivity index is 1.69. The monoisotopic (exact) mass is 386 g/mol. The molecule has 0 aliphatic carbocycles. The highest BCUT2D eigenvalue weighted by Crippen LogP contribution is 2.26. The molecule has 7 heteroatoms. The minimum absolute atomic E-state index is 0.296. The molecule has 0 fully saturated rings.